The van der Waals surface area contributed by atoms with Crippen molar-refractivity contribution in [2.75, 3.05) is 4.90 Å². The van der Waals surface area contributed by atoms with Gasteiger partial charge in [0.25, 0.3) is 0 Å². The minimum Gasteiger partial charge on any atom is -0.316 e. The Morgan fingerprint density at radius 1 is 1.03 bits per heavy atom. The molecule has 2 aromatic heterocycles. The van der Waals surface area contributed by atoms with Gasteiger partial charge < -0.3 is 4.90 Å². The van der Waals surface area contributed by atoms with Crippen molar-refractivity contribution < 1.29 is 4.79 Å². The number of Topliss-reactive ketones (excluding diaryl/α,β-unsaturated/α-hetero) is 1. The number of aromatic nitrogens is 3. The maximum absolute atomic E-state index is 13.3. The molecule has 160 valence electrons. The standard InChI is InChI=1S/C26H30N4O/c1-18(23(31)17-26(2,3)4)30(19-11-6-5-7-12-19)25-20-13-10-15-21(20)28-24(29-25)22-14-8-9-16-27-22/h5-9,11-12,14,16,18H,10,13,15,17H2,1-4H3. The summed E-state index contributed by atoms with van der Waals surface area (Å²) in [5, 5.41) is 0. The van der Waals surface area contributed by atoms with Crippen LogP contribution in [-0.2, 0) is 17.6 Å². The van der Waals surface area contributed by atoms with Crippen LogP contribution in [0.15, 0.2) is 54.7 Å². The topological polar surface area (TPSA) is 59.0 Å². The van der Waals surface area contributed by atoms with Crippen LogP contribution in [0, 0.1) is 5.41 Å². The summed E-state index contributed by atoms with van der Waals surface area (Å²) in [4.78, 5) is 29.7. The molecule has 0 spiro atoms. The second kappa shape index (κ2) is 8.58. The molecule has 2 heterocycles. The Balaban J connectivity index is 1.85. The van der Waals surface area contributed by atoms with Gasteiger partial charge in [0.1, 0.15) is 11.5 Å². The van der Waals surface area contributed by atoms with Crippen LogP contribution in [0.25, 0.3) is 11.5 Å². The van der Waals surface area contributed by atoms with E-state index in [1.165, 1.54) is 0 Å². The number of carbonyl (C=O) groups excluding carboxylic acids is 1. The van der Waals surface area contributed by atoms with Crippen LogP contribution in [-0.4, -0.2) is 26.8 Å². The molecule has 0 saturated carbocycles. The number of pyridine rings is 1. The molecule has 1 unspecified atom stereocenters. The Labute approximate surface area is 184 Å². The van der Waals surface area contributed by atoms with Gasteiger partial charge in [-0.05, 0) is 55.9 Å². The molecule has 31 heavy (non-hydrogen) atoms. The van der Waals surface area contributed by atoms with E-state index in [4.69, 9.17) is 9.97 Å². The number of ketones is 1. The number of fused-ring (bicyclic) bond motifs is 1. The molecule has 0 radical (unpaired) electrons. The molecular formula is C26H30N4O. The summed E-state index contributed by atoms with van der Waals surface area (Å²) in [5.41, 5.74) is 3.87. The lowest BCUT2D eigenvalue weighted by Crippen LogP contribution is -2.38. The zero-order valence-corrected chi connectivity index (χ0v) is 18.8. The van der Waals surface area contributed by atoms with E-state index in [0.717, 1.165) is 47.7 Å². The van der Waals surface area contributed by atoms with Crippen LogP contribution in [0.4, 0.5) is 11.5 Å². The molecule has 5 heteroatoms. The first kappa shape index (κ1) is 21.2. The fraction of sp³-hybridized carbons (Fsp3) is 0.385. The molecule has 1 aliphatic rings. The van der Waals surface area contributed by atoms with Gasteiger partial charge in [0, 0.05) is 29.6 Å². The summed E-state index contributed by atoms with van der Waals surface area (Å²) in [6, 6.07) is 15.5. The summed E-state index contributed by atoms with van der Waals surface area (Å²) in [5.74, 6) is 1.66. The summed E-state index contributed by atoms with van der Waals surface area (Å²) in [7, 11) is 0. The maximum Gasteiger partial charge on any atom is 0.180 e. The third kappa shape index (κ3) is 4.66. The first-order valence-electron chi connectivity index (χ1n) is 11.0. The van der Waals surface area contributed by atoms with E-state index in [-0.39, 0.29) is 17.2 Å². The second-order valence-corrected chi connectivity index (χ2v) is 9.45. The van der Waals surface area contributed by atoms with E-state index in [1.807, 2.05) is 55.5 Å². The number of rotatable bonds is 6. The SMILES string of the molecule is CC(C(=O)CC(C)(C)C)N(c1ccccc1)c1nc(-c2ccccn2)nc2c1CCC2. The number of aryl methyl sites for hydroxylation is 1. The van der Waals surface area contributed by atoms with E-state index in [0.29, 0.717) is 12.2 Å². The molecule has 1 atom stereocenters. The van der Waals surface area contributed by atoms with Gasteiger partial charge in [0.05, 0.1) is 6.04 Å². The second-order valence-electron chi connectivity index (χ2n) is 9.45. The van der Waals surface area contributed by atoms with Gasteiger partial charge in [0.15, 0.2) is 11.6 Å². The van der Waals surface area contributed by atoms with Crippen LogP contribution in [0.2, 0.25) is 0 Å². The zero-order valence-electron chi connectivity index (χ0n) is 18.8. The Hall–Kier alpha value is -3.08. The van der Waals surface area contributed by atoms with Crippen molar-refractivity contribution in [2.24, 2.45) is 5.41 Å². The molecule has 0 amide bonds. The molecular weight excluding hydrogens is 384 g/mol. The average Bonchev–Trinajstić information content (AvgIpc) is 3.23. The van der Waals surface area contributed by atoms with Gasteiger partial charge in [0.2, 0.25) is 0 Å². The molecule has 0 fully saturated rings. The van der Waals surface area contributed by atoms with Gasteiger partial charge in [-0.2, -0.15) is 0 Å². The predicted molar refractivity (Wildman–Crippen MR) is 124 cm³/mol. The van der Waals surface area contributed by atoms with E-state index in [9.17, 15) is 4.79 Å². The number of nitrogens with zero attached hydrogens (tertiary/aromatic N) is 4. The summed E-state index contributed by atoms with van der Waals surface area (Å²) in [6.07, 6.45) is 5.18. The van der Waals surface area contributed by atoms with Crippen LogP contribution in [0.3, 0.4) is 0 Å². The fourth-order valence-electron chi connectivity index (χ4n) is 4.15. The smallest absolute Gasteiger partial charge is 0.180 e. The number of hydrogen-bond donors (Lipinski definition) is 0. The minimum atomic E-state index is -0.335. The van der Waals surface area contributed by atoms with Crippen molar-refractivity contribution in [1.29, 1.82) is 0 Å². The number of anilines is 2. The molecule has 5 nitrogen and oxygen atoms in total. The van der Waals surface area contributed by atoms with Crippen molar-refractivity contribution in [3.05, 3.63) is 66.0 Å². The Bertz CT molecular complexity index is 1060. The largest absolute Gasteiger partial charge is 0.316 e. The van der Waals surface area contributed by atoms with Crippen LogP contribution < -0.4 is 4.90 Å². The van der Waals surface area contributed by atoms with Crippen LogP contribution >= 0.6 is 0 Å². The minimum absolute atomic E-state index is 0.0690. The predicted octanol–water partition coefficient (Wildman–Crippen LogP) is 5.56. The van der Waals surface area contributed by atoms with Crippen molar-refractivity contribution in [1.82, 2.24) is 15.0 Å². The zero-order chi connectivity index (χ0) is 22.0. The normalized spacial score (nSPS) is 14.2. The highest BCUT2D eigenvalue weighted by molar-refractivity contribution is 5.90. The molecule has 0 saturated heterocycles. The van der Waals surface area contributed by atoms with Crippen molar-refractivity contribution >= 4 is 17.3 Å². The highest BCUT2D eigenvalue weighted by Crippen LogP contribution is 2.37. The lowest BCUT2D eigenvalue weighted by molar-refractivity contribution is -0.121. The van der Waals surface area contributed by atoms with E-state index in [2.05, 4.69) is 30.7 Å². The van der Waals surface area contributed by atoms with Crippen LogP contribution in [0.5, 0.6) is 0 Å². The van der Waals surface area contributed by atoms with Crippen molar-refractivity contribution in [2.45, 2.75) is 59.4 Å². The van der Waals surface area contributed by atoms with Gasteiger partial charge >= 0.3 is 0 Å². The number of benzene rings is 1. The average molecular weight is 415 g/mol. The number of carbonyl (C=O) groups is 1. The Morgan fingerprint density at radius 3 is 2.45 bits per heavy atom. The molecule has 1 aromatic carbocycles. The third-order valence-corrected chi connectivity index (χ3v) is 5.63. The monoisotopic (exact) mass is 414 g/mol. The van der Waals surface area contributed by atoms with Crippen molar-refractivity contribution in [3.8, 4) is 11.5 Å². The molecule has 0 bridgehead atoms. The highest BCUT2D eigenvalue weighted by atomic mass is 16.1. The first-order chi connectivity index (χ1) is 14.8. The van der Waals surface area contributed by atoms with Gasteiger partial charge in [-0.3, -0.25) is 9.78 Å². The summed E-state index contributed by atoms with van der Waals surface area (Å²) < 4.78 is 0. The quantitative estimate of drug-likeness (QED) is 0.528. The third-order valence-electron chi connectivity index (χ3n) is 5.63. The molecule has 4 rings (SSSR count). The lowest BCUT2D eigenvalue weighted by atomic mass is 9.87. The van der Waals surface area contributed by atoms with Crippen LogP contribution in [0.1, 0.15) is 51.8 Å². The van der Waals surface area contributed by atoms with Gasteiger partial charge in [-0.1, -0.05) is 45.0 Å². The number of hydrogen-bond acceptors (Lipinski definition) is 5. The van der Waals surface area contributed by atoms with E-state index in [1.54, 1.807) is 6.20 Å². The Morgan fingerprint density at radius 2 is 1.77 bits per heavy atom. The van der Waals surface area contributed by atoms with E-state index >= 15 is 0 Å². The van der Waals surface area contributed by atoms with Gasteiger partial charge in [-0.15, -0.1) is 0 Å². The molecule has 3 aromatic rings. The summed E-state index contributed by atoms with van der Waals surface area (Å²) in [6.45, 7) is 8.30. The lowest BCUT2D eigenvalue weighted by Gasteiger charge is -2.32. The number of para-hydroxylation sites is 1. The highest BCUT2D eigenvalue weighted by Gasteiger charge is 2.31. The molecule has 0 aliphatic heterocycles. The summed E-state index contributed by atoms with van der Waals surface area (Å²) >= 11 is 0. The Kier molecular flexibility index (Phi) is 5.86. The molecule has 1 aliphatic carbocycles. The first-order valence-corrected chi connectivity index (χ1v) is 11.0. The molecule has 0 N–H and O–H groups in total. The van der Waals surface area contributed by atoms with Gasteiger partial charge in [-0.25, -0.2) is 9.97 Å². The maximum atomic E-state index is 13.3. The van der Waals surface area contributed by atoms with Crippen molar-refractivity contribution in [3.63, 3.8) is 0 Å². The fourth-order valence-corrected chi connectivity index (χ4v) is 4.15. The van der Waals surface area contributed by atoms with E-state index < -0.39 is 0 Å².